The van der Waals surface area contributed by atoms with Crippen LogP contribution in [0.15, 0.2) is 0 Å². The number of nitrogens with one attached hydrogen (secondary N) is 2. The van der Waals surface area contributed by atoms with E-state index in [2.05, 4.69) is 10.6 Å². The predicted molar refractivity (Wildman–Crippen MR) is 59.7 cm³/mol. The maximum absolute atomic E-state index is 11.7. The fourth-order valence-corrected chi connectivity index (χ4v) is 2.37. The number of nitrogens with zero attached hydrogens (tertiary/aromatic N) is 1. The maximum Gasteiger partial charge on any atom is 0.236 e. The number of hydrogen-bond donors (Lipinski definition) is 2. The van der Waals surface area contributed by atoms with Crippen molar-refractivity contribution in [3.8, 4) is 0 Å². The second kappa shape index (κ2) is 5.47. The van der Waals surface area contributed by atoms with Gasteiger partial charge in [-0.25, -0.2) is 0 Å². The molecule has 0 aromatic carbocycles. The van der Waals surface area contributed by atoms with Gasteiger partial charge in [-0.05, 0) is 32.4 Å². The van der Waals surface area contributed by atoms with Crippen molar-refractivity contribution >= 4 is 5.91 Å². The molecule has 2 rings (SSSR count). The summed E-state index contributed by atoms with van der Waals surface area (Å²) in [4.78, 5) is 13.7. The van der Waals surface area contributed by atoms with Crippen LogP contribution in [-0.2, 0) is 4.79 Å². The number of hydrogen-bond acceptors (Lipinski definition) is 3. The van der Waals surface area contributed by atoms with Crippen molar-refractivity contribution in [1.82, 2.24) is 15.5 Å². The Bertz CT molecular complexity index is 214. The Morgan fingerprint density at radius 3 is 3.00 bits per heavy atom. The number of carbonyl (C=O) groups excluding carboxylic acids is 1. The highest BCUT2D eigenvalue weighted by Crippen LogP contribution is 2.09. The van der Waals surface area contributed by atoms with Crippen LogP contribution in [0.5, 0.6) is 0 Å². The first kappa shape index (κ1) is 10.9. The third kappa shape index (κ3) is 3.18. The van der Waals surface area contributed by atoms with E-state index >= 15 is 0 Å². The Kier molecular flexibility index (Phi) is 3.97. The molecule has 86 valence electrons. The van der Waals surface area contributed by atoms with E-state index in [1.54, 1.807) is 0 Å². The second-order valence-corrected chi connectivity index (χ2v) is 4.52. The van der Waals surface area contributed by atoms with Crippen molar-refractivity contribution in [3.63, 3.8) is 0 Å². The first-order valence-corrected chi connectivity index (χ1v) is 6.08. The highest BCUT2D eigenvalue weighted by molar-refractivity contribution is 5.78. The molecule has 0 saturated carbocycles. The van der Waals surface area contributed by atoms with E-state index in [9.17, 15) is 4.79 Å². The van der Waals surface area contributed by atoms with Gasteiger partial charge in [-0.15, -0.1) is 0 Å². The molecule has 2 heterocycles. The van der Waals surface area contributed by atoms with Crippen LogP contribution in [0.4, 0.5) is 0 Å². The topological polar surface area (TPSA) is 44.4 Å². The standard InChI is InChI=1S/C11H21N3O/c15-11-8-12-5-3-7-14(11)9-10-4-1-2-6-13-10/h10,12-13H,1-9H2. The molecule has 4 heteroatoms. The van der Waals surface area contributed by atoms with E-state index in [0.29, 0.717) is 12.6 Å². The van der Waals surface area contributed by atoms with Gasteiger partial charge in [0.25, 0.3) is 0 Å². The van der Waals surface area contributed by atoms with Gasteiger partial charge in [0, 0.05) is 19.1 Å². The van der Waals surface area contributed by atoms with Gasteiger partial charge in [0.05, 0.1) is 6.54 Å². The maximum atomic E-state index is 11.7. The monoisotopic (exact) mass is 211 g/mol. The summed E-state index contributed by atoms with van der Waals surface area (Å²) in [5.74, 6) is 0.264. The predicted octanol–water partition coefficient (Wildman–Crippen LogP) is -0.0496. The molecule has 15 heavy (non-hydrogen) atoms. The van der Waals surface area contributed by atoms with E-state index in [1.807, 2.05) is 4.90 Å². The minimum atomic E-state index is 0.264. The summed E-state index contributed by atoms with van der Waals surface area (Å²) in [5.41, 5.74) is 0. The lowest BCUT2D eigenvalue weighted by Crippen LogP contribution is -2.46. The van der Waals surface area contributed by atoms with E-state index in [-0.39, 0.29) is 5.91 Å². The van der Waals surface area contributed by atoms with Crippen LogP contribution < -0.4 is 10.6 Å². The third-order valence-corrected chi connectivity index (χ3v) is 3.26. The largest absolute Gasteiger partial charge is 0.340 e. The number of rotatable bonds is 2. The molecule has 2 saturated heterocycles. The van der Waals surface area contributed by atoms with Crippen molar-refractivity contribution in [2.75, 3.05) is 32.7 Å². The van der Waals surface area contributed by atoms with Crippen LogP contribution in [0.2, 0.25) is 0 Å². The molecule has 0 spiro atoms. The van der Waals surface area contributed by atoms with E-state index in [0.717, 1.165) is 32.6 Å². The zero-order valence-corrected chi connectivity index (χ0v) is 9.30. The molecule has 0 aromatic rings. The van der Waals surface area contributed by atoms with Crippen molar-refractivity contribution in [2.24, 2.45) is 0 Å². The molecule has 4 nitrogen and oxygen atoms in total. The molecule has 0 aliphatic carbocycles. The summed E-state index contributed by atoms with van der Waals surface area (Å²) < 4.78 is 0. The molecule has 2 aliphatic heterocycles. The van der Waals surface area contributed by atoms with Gasteiger partial charge in [-0.2, -0.15) is 0 Å². The molecular weight excluding hydrogens is 190 g/mol. The molecule has 0 bridgehead atoms. The first-order valence-electron chi connectivity index (χ1n) is 6.08. The average Bonchev–Trinajstić information content (AvgIpc) is 2.46. The fraction of sp³-hybridized carbons (Fsp3) is 0.909. The Morgan fingerprint density at radius 1 is 1.27 bits per heavy atom. The van der Waals surface area contributed by atoms with Crippen LogP contribution in [0.3, 0.4) is 0 Å². The Hall–Kier alpha value is -0.610. The summed E-state index contributed by atoms with van der Waals surface area (Å²) in [6.45, 7) is 4.43. The van der Waals surface area contributed by atoms with Crippen LogP contribution in [0, 0.1) is 0 Å². The number of carbonyl (C=O) groups is 1. The van der Waals surface area contributed by atoms with Crippen LogP contribution >= 0.6 is 0 Å². The SMILES string of the molecule is O=C1CNCCCN1CC1CCCCN1. The summed E-state index contributed by atoms with van der Waals surface area (Å²) in [7, 11) is 0. The molecule has 2 N–H and O–H groups in total. The van der Waals surface area contributed by atoms with Gasteiger partial charge in [0.1, 0.15) is 0 Å². The molecule has 2 fully saturated rings. The first-order chi connectivity index (χ1) is 7.36. The molecule has 1 unspecified atom stereocenters. The Labute approximate surface area is 91.4 Å². The normalized spacial score (nSPS) is 28.9. The molecule has 1 amide bonds. The second-order valence-electron chi connectivity index (χ2n) is 4.52. The number of amides is 1. The average molecular weight is 211 g/mol. The highest BCUT2D eigenvalue weighted by atomic mass is 16.2. The van der Waals surface area contributed by atoms with Gasteiger partial charge in [0.15, 0.2) is 0 Å². The highest BCUT2D eigenvalue weighted by Gasteiger charge is 2.21. The van der Waals surface area contributed by atoms with Gasteiger partial charge >= 0.3 is 0 Å². The summed E-state index contributed by atoms with van der Waals surface area (Å²) in [6, 6.07) is 0.529. The number of piperidine rings is 1. The zero-order chi connectivity index (χ0) is 10.5. The van der Waals surface area contributed by atoms with Crippen molar-refractivity contribution < 1.29 is 4.79 Å². The fourth-order valence-electron chi connectivity index (χ4n) is 2.37. The van der Waals surface area contributed by atoms with Crippen LogP contribution in [0.1, 0.15) is 25.7 Å². The summed E-state index contributed by atoms with van der Waals surface area (Å²) in [5, 5.41) is 6.65. The Morgan fingerprint density at radius 2 is 2.20 bits per heavy atom. The molecule has 0 aromatic heterocycles. The molecular formula is C11H21N3O. The Balaban J connectivity index is 1.82. The van der Waals surface area contributed by atoms with Crippen molar-refractivity contribution in [2.45, 2.75) is 31.7 Å². The van der Waals surface area contributed by atoms with Gasteiger partial charge in [-0.3, -0.25) is 4.79 Å². The smallest absolute Gasteiger partial charge is 0.236 e. The van der Waals surface area contributed by atoms with Gasteiger partial charge < -0.3 is 15.5 Å². The van der Waals surface area contributed by atoms with Crippen molar-refractivity contribution in [3.05, 3.63) is 0 Å². The minimum Gasteiger partial charge on any atom is -0.340 e. The van der Waals surface area contributed by atoms with E-state index in [4.69, 9.17) is 0 Å². The lowest BCUT2D eigenvalue weighted by Gasteiger charge is -2.29. The summed E-state index contributed by atoms with van der Waals surface area (Å²) >= 11 is 0. The van der Waals surface area contributed by atoms with Crippen LogP contribution in [-0.4, -0.2) is 49.6 Å². The lowest BCUT2D eigenvalue weighted by atomic mass is 10.0. The minimum absolute atomic E-state index is 0.264. The molecule has 0 radical (unpaired) electrons. The van der Waals surface area contributed by atoms with Gasteiger partial charge in [-0.1, -0.05) is 6.42 Å². The van der Waals surface area contributed by atoms with Crippen LogP contribution in [0.25, 0.3) is 0 Å². The quantitative estimate of drug-likeness (QED) is 0.673. The van der Waals surface area contributed by atoms with Crippen molar-refractivity contribution in [1.29, 1.82) is 0 Å². The summed E-state index contributed by atoms with van der Waals surface area (Å²) in [6.07, 6.45) is 4.89. The van der Waals surface area contributed by atoms with E-state index < -0.39 is 0 Å². The molecule has 1 atom stereocenters. The van der Waals surface area contributed by atoms with Gasteiger partial charge in [0.2, 0.25) is 5.91 Å². The van der Waals surface area contributed by atoms with E-state index in [1.165, 1.54) is 19.3 Å². The third-order valence-electron chi connectivity index (χ3n) is 3.26. The lowest BCUT2D eigenvalue weighted by molar-refractivity contribution is -0.130. The zero-order valence-electron chi connectivity index (χ0n) is 9.30. The molecule has 2 aliphatic rings.